The Bertz CT molecular complexity index is 1350. The van der Waals surface area contributed by atoms with Gasteiger partial charge in [0, 0.05) is 11.8 Å². The normalized spacial score (nSPS) is 13.2. The zero-order valence-corrected chi connectivity index (χ0v) is 20.0. The summed E-state index contributed by atoms with van der Waals surface area (Å²) in [4.78, 5) is 39.2. The number of ether oxygens (including phenoxy) is 3. The van der Waals surface area contributed by atoms with Gasteiger partial charge in [-0.3, -0.25) is 9.59 Å². The van der Waals surface area contributed by atoms with Gasteiger partial charge in [0.1, 0.15) is 28.0 Å². The molecule has 2 amide bonds. The lowest BCUT2D eigenvalue weighted by molar-refractivity contribution is -0.120. The fourth-order valence-corrected chi connectivity index (χ4v) is 3.71. The van der Waals surface area contributed by atoms with Crippen LogP contribution in [-0.2, 0) is 9.59 Å². The van der Waals surface area contributed by atoms with E-state index in [1.807, 2.05) is 0 Å². The summed E-state index contributed by atoms with van der Waals surface area (Å²) in [5.74, 6) is -0.976. The third-order valence-corrected chi connectivity index (χ3v) is 5.75. The number of carbonyl (C=O) groups excluding carboxylic acids is 3. The summed E-state index contributed by atoms with van der Waals surface area (Å²) >= 11 is 12.2. The molecule has 0 saturated heterocycles. The van der Waals surface area contributed by atoms with Crippen LogP contribution >= 0.6 is 23.2 Å². The highest BCUT2D eigenvalue weighted by Gasteiger charge is 2.40. The second-order valence-corrected chi connectivity index (χ2v) is 7.98. The summed E-state index contributed by atoms with van der Waals surface area (Å²) in [6, 6.07) is 17.4. The number of anilines is 2. The van der Waals surface area contributed by atoms with Crippen LogP contribution in [0.3, 0.4) is 0 Å². The SMILES string of the molecule is COc1ccc(N2C(=O)C(Cl)=C(Nc3ccc(C(=O)Oc4ccccc4Cl)cc3)C2=O)c(OC)c1. The van der Waals surface area contributed by atoms with E-state index < -0.39 is 17.8 Å². The smallest absolute Gasteiger partial charge is 0.343 e. The lowest BCUT2D eigenvalue weighted by atomic mass is 10.2. The van der Waals surface area contributed by atoms with Crippen molar-refractivity contribution in [3.8, 4) is 17.2 Å². The van der Waals surface area contributed by atoms with Crippen molar-refractivity contribution in [3.05, 3.63) is 88.0 Å². The lowest BCUT2D eigenvalue weighted by Crippen LogP contribution is -2.32. The van der Waals surface area contributed by atoms with Gasteiger partial charge in [-0.1, -0.05) is 35.3 Å². The number of amides is 2. The van der Waals surface area contributed by atoms with Crippen molar-refractivity contribution < 1.29 is 28.6 Å². The Balaban J connectivity index is 1.51. The van der Waals surface area contributed by atoms with Crippen LogP contribution in [0.4, 0.5) is 11.4 Å². The number of hydrogen-bond acceptors (Lipinski definition) is 7. The second kappa shape index (κ2) is 10.1. The molecule has 1 heterocycles. The zero-order chi connectivity index (χ0) is 25.1. The number of imide groups is 1. The monoisotopic (exact) mass is 512 g/mol. The minimum absolute atomic E-state index is 0.110. The quantitative estimate of drug-likeness (QED) is 0.270. The molecule has 0 fully saturated rings. The molecule has 3 aromatic rings. The molecule has 0 aliphatic carbocycles. The molecule has 0 radical (unpaired) electrons. The molecule has 4 rings (SSSR count). The Morgan fingerprint density at radius 1 is 0.857 bits per heavy atom. The van der Waals surface area contributed by atoms with Gasteiger partial charge < -0.3 is 19.5 Å². The van der Waals surface area contributed by atoms with E-state index in [1.54, 1.807) is 48.5 Å². The highest BCUT2D eigenvalue weighted by atomic mass is 35.5. The molecule has 0 saturated carbocycles. The Morgan fingerprint density at radius 3 is 2.23 bits per heavy atom. The zero-order valence-electron chi connectivity index (χ0n) is 18.5. The highest BCUT2D eigenvalue weighted by Crippen LogP contribution is 2.37. The minimum atomic E-state index is -0.706. The molecule has 1 aliphatic heterocycles. The average molecular weight is 513 g/mol. The molecule has 3 aromatic carbocycles. The Kier molecular flexibility index (Phi) is 6.95. The number of benzene rings is 3. The molecule has 1 aliphatic rings. The molecule has 0 unspecified atom stereocenters. The van der Waals surface area contributed by atoms with Crippen molar-refractivity contribution in [1.29, 1.82) is 0 Å². The molecule has 35 heavy (non-hydrogen) atoms. The summed E-state index contributed by atoms with van der Waals surface area (Å²) in [6.45, 7) is 0. The van der Waals surface area contributed by atoms with E-state index in [0.29, 0.717) is 16.5 Å². The number of hydrogen-bond donors (Lipinski definition) is 1. The van der Waals surface area contributed by atoms with Gasteiger partial charge in [0.25, 0.3) is 11.8 Å². The average Bonchev–Trinajstić information content (AvgIpc) is 3.08. The number of rotatable bonds is 7. The van der Waals surface area contributed by atoms with Gasteiger partial charge in [0.05, 0.1) is 30.5 Å². The summed E-state index contributed by atoms with van der Waals surface area (Å²) in [5, 5.41) is 2.88. The summed E-state index contributed by atoms with van der Waals surface area (Å²) in [7, 11) is 2.90. The van der Waals surface area contributed by atoms with Gasteiger partial charge in [0.15, 0.2) is 0 Å². The molecule has 178 valence electrons. The maximum Gasteiger partial charge on any atom is 0.343 e. The number of carbonyl (C=O) groups is 3. The first-order chi connectivity index (χ1) is 16.8. The maximum absolute atomic E-state index is 13.1. The lowest BCUT2D eigenvalue weighted by Gasteiger charge is -2.18. The van der Waals surface area contributed by atoms with E-state index in [4.69, 9.17) is 37.4 Å². The Hall–Kier alpha value is -4.01. The molecule has 8 nitrogen and oxygen atoms in total. The van der Waals surface area contributed by atoms with Gasteiger partial charge in [-0.25, -0.2) is 9.69 Å². The number of methoxy groups -OCH3 is 2. The topological polar surface area (TPSA) is 94.2 Å². The first-order valence-corrected chi connectivity index (χ1v) is 10.9. The van der Waals surface area contributed by atoms with Crippen molar-refractivity contribution in [3.63, 3.8) is 0 Å². The van der Waals surface area contributed by atoms with E-state index in [0.717, 1.165) is 4.90 Å². The highest BCUT2D eigenvalue weighted by molar-refractivity contribution is 6.53. The van der Waals surface area contributed by atoms with Gasteiger partial charge in [-0.2, -0.15) is 0 Å². The molecule has 0 bridgehead atoms. The number of halogens is 2. The summed E-state index contributed by atoms with van der Waals surface area (Å²) < 4.78 is 15.8. The fourth-order valence-electron chi connectivity index (χ4n) is 3.32. The maximum atomic E-state index is 13.1. The van der Waals surface area contributed by atoms with E-state index in [2.05, 4.69) is 5.32 Å². The molecular weight excluding hydrogens is 495 g/mol. The van der Waals surface area contributed by atoms with Gasteiger partial charge in [0.2, 0.25) is 0 Å². The van der Waals surface area contributed by atoms with Crippen LogP contribution in [0, 0.1) is 0 Å². The van der Waals surface area contributed by atoms with Crippen molar-refractivity contribution in [2.45, 2.75) is 0 Å². The van der Waals surface area contributed by atoms with Crippen LogP contribution in [-0.4, -0.2) is 32.0 Å². The number of nitrogens with zero attached hydrogens (tertiary/aromatic N) is 1. The molecule has 0 atom stereocenters. The van der Waals surface area contributed by atoms with Crippen LogP contribution < -0.4 is 24.4 Å². The number of nitrogens with one attached hydrogen (secondary N) is 1. The number of esters is 1. The Labute approximate surface area is 210 Å². The van der Waals surface area contributed by atoms with E-state index in [-0.39, 0.29) is 33.5 Å². The molecule has 0 spiro atoms. The Morgan fingerprint density at radius 2 is 1.57 bits per heavy atom. The first kappa shape index (κ1) is 24.1. The third kappa shape index (κ3) is 4.80. The van der Waals surface area contributed by atoms with Crippen LogP contribution in [0.2, 0.25) is 5.02 Å². The first-order valence-electron chi connectivity index (χ1n) is 10.2. The molecule has 10 heteroatoms. The van der Waals surface area contributed by atoms with Crippen molar-refractivity contribution in [2.75, 3.05) is 24.4 Å². The standard InChI is InChI=1S/C25H18Cl2N2O6/c1-33-16-11-12-18(20(13-16)34-2)29-23(30)21(27)22(24(29)31)28-15-9-7-14(8-10-15)25(32)35-19-6-4-3-5-17(19)26/h3-13,28H,1-2H3. The van der Waals surface area contributed by atoms with Gasteiger partial charge in [-0.15, -0.1) is 0 Å². The van der Waals surface area contributed by atoms with Crippen molar-refractivity contribution in [1.82, 2.24) is 0 Å². The third-order valence-electron chi connectivity index (χ3n) is 5.08. The van der Waals surface area contributed by atoms with Crippen LogP contribution in [0.1, 0.15) is 10.4 Å². The van der Waals surface area contributed by atoms with Gasteiger partial charge in [-0.05, 0) is 48.5 Å². The van der Waals surface area contributed by atoms with Crippen molar-refractivity contribution >= 4 is 52.4 Å². The molecule has 1 N–H and O–H groups in total. The summed E-state index contributed by atoms with van der Waals surface area (Å²) in [5.41, 5.74) is 0.794. The summed E-state index contributed by atoms with van der Waals surface area (Å²) in [6.07, 6.45) is 0. The largest absolute Gasteiger partial charge is 0.497 e. The predicted octanol–water partition coefficient (Wildman–Crippen LogP) is 5.01. The molecule has 0 aromatic heterocycles. The number of para-hydroxylation sites is 1. The van der Waals surface area contributed by atoms with Crippen LogP contribution in [0.25, 0.3) is 0 Å². The van der Waals surface area contributed by atoms with E-state index in [1.165, 1.54) is 32.4 Å². The van der Waals surface area contributed by atoms with E-state index >= 15 is 0 Å². The minimum Gasteiger partial charge on any atom is -0.497 e. The second-order valence-electron chi connectivity index (χ2n) is 7.19. The van der Waals surface area contributed by atoms with Crippen LogP contribution in [0.5, 0.6) is 17.2 Å². The van der Waals surface area contributed by atoms with E-state index in [9.17, 15) is 14.4 Å². The predicted molar refractivity (Wildman–Crippen MR) is 131 cm³/mol. The van der Waals surface area contributed by atoms with Crippen molar-refractivity contribution in [2.24, 2.45) is 0 Å². The van der Waals surface area contributed by atoms with Crippen LogP contribution in [0.15, 0.2) is 77.5 Å². The molecular formula is C25H18Cl2N2O6. The van der Waals surface area contributed by atoms with Gasteiger partial charge >= 0.3 is 5.97 Å². The fraction of sp³-hybridized carbons (Fsp3) is 0.0800.